The Morgan fingerprint density at radius 2 is 2.33 bits per heavy atom. The van der Waals surface area contributed by atoms with E-state index in [1.54, 1.807) is 12.5 Å². The molecule has 1 unspecified atom stereocenters. The second-order valence-electron chi connectivity index (χ2n) is 3.69. The summed E-state index contributed by atoms with van der Waals surface area (Å²) in [6.07, 6.45) is 5.28. The zero-order valence-corrected chi connectivity index (χ0v) is 9.19. The topological polar surface area (TPSA) is 43.0 Å². The lowest BCUT2D eigenvalue weighted by Crippen LogP contribution is -2.06. The summed E-state index contributed by atoms with van der Waals surface area (Å²) >= 11 is 0. The van der Waals surface area contributed by atoms with Gasteiger partial charge in [-0.15, -0.1) is 0 Å². The van der Waals surface area contributed by atoms with Crippen molar-refractivity contribution in [2.45, 2.75) is 19.9 Å². The van der Waals surface area contributed by atoms with Crippen LogP contribution in [0.5, 0.6) is 0 Å². The van der Waals surface area contributed by atoms with E-state index in [-0.39, 0.29) is 6.04 Å². The summed E-state index contributed by atoms with van der Waals surface area (Å²) in [5, 5.41) is 7.57. The number of aromatic nitrogens is 2. The summed E-state index contributed by atoms with van der Waals surface area (Å²) in [5.74, 6) is 0. The third-order valence-electron chi connectivity index (χ3n) is 2.65. The zero-order valence-electron chi connectivity index (χ0n) is 9.19. The molecular formula is C11H15N3O. The molecule has 0 aromatic carbocycles. The van der Waals surface area contributed by atoms with Gasteiger partial charge in [0.25, 0.3) is 0 Å². The van der Waals surface area contributed by atoms with Gasteiger partial charge in [-0.2, -0.15) is 5.10 Å². The first-order valence-electron chi connectivity index (χ1n) is 4.95. The minimum absolute atomic E-state index is 0.228. The van der Waals surface area contributed by atoms with Crippen LogP contribution in [0.1, 0.15) is 24.2 Å². The van der Waals surface area contributed by atoms with Crippen molar-refractivity contribution < 1.29 is 4.42 Å². The Bertz CT molecular complexity index is 431. The lowest BCUT2D eigenvalue weighted by atomic mass is 10.2. The predicted octanol–water partition coefficient (Wildman–Crippen LogP) is 2.49. The summed E-state index contributed by atoms with van der Waals surface area (Å²) < 4.78 is 6.90. The van der Waals surface area contributed by atoms with Crippen LogP contribution in [0.4, 0.5) is 5.69 Å². The fourth-order valence-electron chi connectivity index (χ4n) is 1.48. The van der Waals surface area contributed by atoms with E-state index in [0.29, 0.717) is 0 Å². The van der Waals surface area contributed by atoms with Crippen molar-refractivity contribution in [2.24, 2.45) is 7.05 Å². The Morgan fingerprint density at radius 1 is 1.53 bits per heavy atom. The maximum Gasteiger partial charge on any atom is 0.0955 e. The van der Waals surface area contributed by atoms with Gasteiger partial charge >= 0.3 is 0 Å². The smallest absolute Gasteiger partial charge is 0.0955 e. The van der Waals surface area contributed by atoms with Crippen molar-refractivity contribution in [3.05, 3.63) is 36.0 Å². The molecule has 2 heterocycles. The van der Waals surface area contributed by atoms with Gasteiger partial charge in [-0.25, -0.2) is 0 Å². The fourth-order valence-corrected chi connectivity index (χ4v) is 1.48. The number of furan rings is 1. The van der Waals surface area contributed by atoms with E-state index in [4.69, 9.17) is 4.42 Å². The Kier molecular flexibility index (Phi) is 2.49. The molecule has 0 radical (unpaired) electrons. The summed E-state index contributed by atoms with van der Waals surface area (Å²) in [4.78, 5) is 0. The summed E-state index contributed by atoms with van der Waals surface area (Å²) in [6, 6.07) is 2.19. The molecule has 0 spiro atoms. The van der Waals surface area contributed by atoms with Crippen LogP contribution in [0, 0.1) is 6.92 Å². The minimum Gasteiger partial charge on any atom is -0.472 e. The molecule has 1 N–H and O–H groups in total. The largest absolute Gasteiger partial charge is 0.472 e. The highest BCUT2D eigenvalue weighted by Gasteiger charge is 2.09. The maximum absolute atomic E-state index is 5.05. The number of hydrogen-bond donors (Lipinski definition) is 1. The van der Waals surface area contributed by atoms with Gasteiger partial charge in [0.15, 0.2) is 0 Å². The maximum atomic E-state index is 5.05. The number of anilines is 1. The molecule has 0 aliphatic rings. The van der Waals surface area contributed by atoms with Crippen LogP contribution < -0.4 is 5.32 Å². The Hall–Kier alpha value is -1.71. The molecule has 15 heavy (non-hydrogen) atoms. The van der Waals surface area contributed by atoms with Crippen LogP contribution >= 0.6 is 0 Å². The van der Waals surface area contributed by atoms with Crippen LogP contribution in [-0.2, 0) is 7.05 Å². The first-order valence-corrected chi connectivity index (χ1v) is 4.95. The van der Waals surface area contributed by atoms with Crippen LogP contribution in [-0.4, -0.2) is 9.78 Å². The van der Waals surface area contributed by atoms with E-state index < -0.39 is 0 Å². The average Bonchev–Trinajstić information content (AvgIpc) is 2.83. The van der Waals surface area contributed by atoms with Crippen LogP contribution in [0.2, 0.25) is 0 Å². The van der Waals surface area contributed by atoms with Gasteiger partial charge < -0.3 is 9.73 Å². The third-order valence-corrected chi connectivity index (χ3v) is 2.65. The molecule has 80 valence electrons. The Morgan fingerprint density at radius 3 is 2.87 bits per heavy atom. The van der Waals surface area contributed by atoms with Gasteiger partial charge in [-0.05, 0) is 19.9 Å². The Labute approximate surface area is 88.9 Å². The number of aryl methyl sites for hydroxylation is 1. The molecule has 0 saturated carbocycles. The van der Waals surface area contributed by atoms with Gasteiger partial charge in [0.2, 0.25) is 0 Å². The summed E-state index contributed by atoms with van der Waals surface area (Å²) in [5.41, 5.74) is 3.33. The monoisotopic (exact) mass is 205 g/mol. The van der Waals surface area contributed by atoms with E-state index >= 15 is 0 Å². The Balaban J connectivity index is 2.12. The number of nitrogens with one attached hydrogen (secondary N) is 1. The van der Waals surface area contributed by atoms with Crippen LogP contribution in [0.25, 0.3) is 0 Å². The van der Waals surface area contributed by atoms with E-state index in [0.717, 1.165) is 16.9 Å². The quantitative estimate of drug-likeness (QED) is 0.837. The predicted molar refractivity (Wildman–Crippen MR) is 58.7 cm³/mol. The van der Waals surface area contributed by atoms with Crippen molar-refractivity contribution >= 4 is 5.69 Å². The van der Waals surface area contributed by atoms with Gasteiger partial charge in [0, 0.05) is 12.6 Å². The van der Waals surface area contributed by atoms with Crippen molar-refractivity contribution in [2.75, 3.05) is 5.32 Å². The molecule has 0 fully saturated rings. The van der Waals surface area contributed by atoms with Gasteiger partial charge in [0.05, 0.1) is 36.1 Å². The SMILES string of the molecule is Cc1c(NC(C)c2ccoc2)cnn1C. The molecule has 0 aliphatic carbocycles. The van der Waals surface area contributed by atoms with Crippen molar-refractivity contribution in [1.82, 2.24) is 9.78 Å². The lowest BCUT2D eigenvalue weighted by molar-refractivity contribution is 0.562. The molecule has 0 amide bonds. The first-order chi connectivity index (χ1) is 7.18. The molecule has 0 aliphatic heterocycles. The van der Waals surface area contributed by atoms with Gasteiger partial charge in [-0.3, -0.25) is 4.68 Å². The van der Waals surface area contributed by atoms with E-state index in [9.17, 15) is 0 Å². The highest BCUT2D eigenvalue weighted by Crippen LogP contribution is 2.21. The highest BCUT2D eigenvalue weighted by atomic mass is 16.3. The molecule has 0 saturated heterocycles. The third kappa shape index (κ3) is 1.88. The van der Waals surface area contributed by atoms with Crippen molar-refractivity contribution in [1.29, 1.82) is 0 Å². The van der Waals surface area contributed by atoms with Crippen LogP contribution in [0.15, 0.2) is 29.2 Å². The molecular weight excluding hydrogens is 190 g/mol. The second kappa shape index (κ2) is 3.81. The standard InChI is InChI=1S/C11H15N3O/c1-8(10-4-5-15-7-10)13-11-6-12-14(3)9(11)2/h4-8,13H,1-3H3. The van der Waals surface area contributed by atoms with E-state index in [2.05, 4.69) is 17.3 Å². The number of nitrogens with zero attached hydrogens (tertiary/aromatic N) is 2. The van der Waals surface area contributed by atoms with Gasteiger partial charge in [0.1, 0.15) is 0 Å². The minimum atomic E-state index is 0.228. The molecule has 0 bridgehead atoms. The average molecular weight is 205 g/mol. The zero-order chi connectivity index (χ0) is 10.8. The highest BCUT2D eigenvalue weighted by molar-refractivity contribution is 5.47. The van der Waals surface area contributed by atoms with Crippen molar-refractivity contribution in [3.63, 3.8) is 0 Å². The van der Waals surface area contributed by atoms with Crippen LogP contribution in [0.3, 0.4) is 0 Å². The normalized spacial score (nSPS) is 12.7. The molecule has 2 aromatic rings. The van der Waals surface area contributed by atoms with Gasteiger partial charge in [-0.1, -0.05) is 0 Å². The summed E-state index contributed by atoms with van der Waals surface area (Å²) in [7, 11) is 1.93. The van der Waals surface area contributed by atoms with E-state index in [1.807, 2.05) is 30.9 Å². The number of hydrogen-bond acceptors (Lipinski definition) is 3. The van der Waals surface area contributed by atoms with E-state index in [1.165, 1.54) is 0 Å². The summed E-state index contributed by atoms with van der Waals surface area (Å²) in [6.45, 7) is 4.13. The lowest BCUT2D eigenvalue weighted by Gasteiger charge is -2.12. The molecule has 4 heteroatoms. The molecule has 1 atom stereocenters. The van der Waals surface area contributed by atoms with Crippen molar-refractivity contribution in [3.8, 4) is 0 Å². The second-order valence-corrected chi connectivity index (χ2v) is 3.69. The molecule has 4 nitrogen and oxygen atoms in total. The first kappa shape index (κ1) is 9.83. The molecule has 2 rings (SSSR count). The molecule has 2 aromatic heterocycles. The number of rotatable bonds is 3. The fraction of sp³-hybridized carbons (Fsp3) is 0.364.